The Morgan fingerprint density at radius 3 is 2.26 bits per heavy atom. The number of nitrogens with zero attached hydrogens (tertiary/aromatic N) is 1. The number of benzene rings is 1. The average molecular weight is 433 g/mol. The fourth-order valence-electron chi connectivity index (χ4n) is 3.94. The zero-order chi connectivity index (χ0) is 23.0. The highest BCUT2D eigenvalue weighted by atomic mass is 32.1. The van der Waals surface area contributed by atoms with Crippen LogP contribution in [0.1, 0.15) is 56.2 Å². The van der Waals surface area contributed by atoms with Gasteiger partial charge in [-0.2, -0.15) is 5.11 Å². The Hall–Kier alpha value is -2.59. The normalized spacial score (nSPS) is 18.8. The van der Waals surface area contributed by atoms with Crippen LogP contribution in [0.2, 0.25) is 0 Å². The van der Waals surface area contributed by atoms with Crippen molar-refractivity contribution >= 4 is 28.9 Å². The number of ketones is 1. The summed E-state index contributed by atoms with van der Waals surface area (Å²) in [5, 5.41) is 5.49. The van der Waals surface area contributed by atoms with Gasteiger partial charge in [-0.25, -0.2) is 5.53 Å². The molecule has 31 heavy (non-hydrogen) atoms. The third-order valence-electron chi connectivity index (χ3n) is 5.86. The highest BCUT2D eigenvalue weighted by molar-refractivity contribution is 7.11. The van der Waals surface area contributed by atoms with Gasteiger partial charge in [-0.1, -0.05) is 52.3 Å². The minimum Gasteiger partial charge on any atom is -0.289 e. The molecular formula is C27H32N2OS. The predicted molar refractivity (Wildman–Crippen MR) is 131 cm³/mol. The number of Topliss-reactive ketones (excluding diaryl/α,β-unsaturated/α-hetero) is 1. The molecule has 0 unspecified atom stereocenters. The molecule has 0 aliphatic heterocycles. The standard InChI is InChI=1S/C20H24OS.C7H8N2/c1-12-11-22-17-9-13-7-15(19(2,3)4)18(21)16(8-13)20(5,6)10-14(12)17;1-6-2-4-7(9-8)5-3-6/h7-9,11H,10H2,1-6H3;2-5,8H,1H3/b13-9-;. The van der Waals surface area contributed by atoms with E-state index in [2.05, 4.69) is 70.3 Å². The SMILES string of the molecule is Cc1ccc(N=N)cc1.Cc1csc2c1CC(C)(C)C1=C/C(=C\2)C=C(C(C)(C)C)C1=O. The summed E-state index contributed by atoms with van der Waals surface area (Å²) in [6, 6.07) is 7.52. The van der Waals surface area contributed by atoms with Crippen LogP contribution in [0.25, 0.3) is 6.08 Å². The summed E-state index contributed by atoms with van der Waals surface area (Å²) >= 11 is 1.81. The summed E-state index contributed by atoms with van der Waals surface area (Å²) in [7, 11) is 0. The molecule has 1 N–H and O–H groups in total. The molecule has 4 rings (SSSR count). The molecule has 3 nitrogen and oxygen atoms in total. The molecule has 2 aromatic rings. The van der Waals surface area contributed by atoms with E-state index in [1.165, 1.54) is 21.6 Å². The van der Waals surface area contributed by atoms with Crippen molar-refractivity contribution in [2.24, 2.45) is 15.9 Å². The molecule has 162 valence electrons. The highest BCUT2D eigenvalue weighted by Crippen LogP contribution is 2.44. The Morgan fingerprint density at radius 1 is 1.03 bits per heavy atom. The van der Waals surface area contributed by atoms with Gasteiger partial charge in [0.05, 0.1) is 5.69 Å². The van der Waals surface area contributed by atoms with Gasteiger partial charge in [0.2, 0.25) is 0 Å². The molecule has 0 saturated carbocycles. The third kappa shape index (κ3) is 5.01. The maximum absolute atomic E-state index is 13.0. The van der Waals surface area contributed by atoms with Crippen LogP contribution >= 0.6 is 11.3 Å². The third-order valence-corrected chi connectivity index (χ3v) is 6.95. The monoisotopic (exact) mass is 432 g/mol. The molecule has 0 fully saturated rings. The Balaban J connectivity index is 0.000000254. The lowest BCUT2D eigenvalue weighted by Crippen LogP contribution is -2.31. The van der Waals surface area contributed by atoms with Gasteiger partial charge in [-0.05, 0) is 83.5 Å². The van der Waals surface area contributed by atoms with E-state index in [0.717, 1.165) is 23.1 Å². The van der Waals surface area contributed by atoms with Gasteiger partial charge in [0.25, 0.3) is 0 Å². The zero-order valence-electron chi connectivity index (χ0n) is 19.6. The smallest absolute Gasteiger partial charge is 0.186 e. The number of carbonyl (C=O) groups is 1. The molecule has 1 aromatic carbocycles. The van der Waals surface area contributed by atoms with E-state index in [1.54, 1.807) is 0 Å². The number of thiophene rings is 1. The van der Waals surface area contributed by atoms with E-state index in [0.29, 0.717) is 5.69 Å². The van der Waals surface area contributed by atoms with Crippen LogP contribution in [0.4, 0.5) is 5.69 Å². The van der Waals surface area contributed by atoms with E-state index in [4.69, 9.17) is 5.53 Å². The van der Waals surface area contributed by atoms with Crippen molar-refractivity contribution in [3.8, 4) is 0 Å². The first-order chi connectivity index (χ1) is 14.4. The first kappa shape index (κ1) is 23.1. The van der Waals surface area contributed by atoms with E-state index in [-0.39, 0.29) is 16.6 Å². The molecule has 0 amide bonds. The Bertz CT molecular complexity index is 1100. The predicted octanol–water partition coefficient (Wildman–Crippen LogP) is 8.16. The molecule has 2 aliphatic carbocycles. The van der Waals surface area contributed by atoms with E-state index in [9.17, 15) is 4.79 Å². The van der Waals surface area contributed by atoms with Crippen LogP contribution in [0.5, 0.6) is 0 Å². The molecule has 4 heteroatoms. The highest BCUT2D eigenvalue weighted by Gasteiger charge is 2.37. The van der Waals surface area contributed by atoms with Crippen LogP contribution in [0.3, 0.4) is 0 Å². The van der Waals surface area contributed by atoms with Gasteiger partial charge in [0.1, 0.15) is 0 Å². The minimum atomic E-state index is -0.137. The van der Waals surface area contributed by atoms with Crippen molar-refractivity contribution in [3.05, 3.63) is 80.1 Å². The van der Waals surface area contributed by atoms with Crippen molar-refractivity contribution in [2.75, 3.05) is 0 Å². The van der Waals surface area contributed by atoms with Gasteiger partial charge in [-0.15, -0.1) is 11.3 Å². The number of hydrogen-bond acceptors (Lipinski definition) is 4. The first-order valence-corrected chi connectivity index (χ1v) is 11.5. The Kier molecular flexibility index (Phi) is 6.33. The van der Waals surface area contributed by atoms with Gasteiger partial charge >= 0.3 is 0 Å². The summed E-state index contributed by atoms with van der Waals surface area (Å²) in [6.07, 6.45) is 7.37. The first-order valence-electron chi connectivity index (χ1n) is 10.6. The molecule has 0 radical (unpaired) electrons. The number of fused-ring (bicyclic) bond motifs is 2. The fraction of sp³-hybridized carbons (Fsp3) is 0.370. The number of allylic oxidation sites excluding steroid dienone is 5. The molecule has 0 atom stereocenters. The van der Waals surface area contributed by atoms with Crippen LogP contribution in [-0.2, 0) is 11.2 Å². The van der Waals surface area contributed by atoms with Gasteiger partial charge in [0, 0.05) is 16.0 Å². The molecular weight excluding hydrogens is 400 g/mol. The molecule has 1 heterocycles. The number of carbonyl (C=O) groups excluding carboxylic acids is 1. The number of aryl methyl sites for hydroxylation is 2. The van der Waals surface area contributed by atoms with E-state index >= 15 is 0 Å². The Labute approximate surface area is 190 Å². The average Bonchev–Trinajstić information content (AvgIpc) is 3.01. The van der Waals surface area contributed by atoms with Gasteiger partial charge in [-0.3, -0.25) is 4.79 Å². The lowest BCUT2D eigenvalue weighted by molar-refractivity contribution is -0.114. The van der Waals surface area contributed by atoms with Crippen LogP contribution < -0.4 is 0 Å². The molecule has 0 spiro atoms. The van der Waals surface area contributed by atoms with Crippen molar-refractivity contribution in [1.29, 1.82) is 5.53 Å². The second kappa shape index (κ2) is 8.51. The van der Waals surface area contributed by atoms with E-state index in [1.807, 2.05) is 42.5 Å². The summed E-state index contributed by atoms with van der Waals surface area (Å²) in [6.45, 7) is 14.9. The zero-order valence-corrected chi connectivity index (χ0v) is 20.4. The molecule has 1 aromatic heterocycles. The summed E-state index contributed by atoms with van der Waals surface area (Å²) in [4.78, 5) is 14.4. The topological polar surface area (TPSA) is 53.3 Å². The van der Waals surface area contributed by atoms with Gasteiger partial charge < -0.3 is 0 Å². The van der Waals surface area contributed by atoms with Crippen LogP contribution in [0, 0.1) is 30.2 Å². The molecule has 2 aliphatic rings. The summed E-state index contributed by atoms with van der Waals surface area (Å²) in [5.41, 5.74) is 14.1. The van der Waals surface area contributed by atoms with Crippen molar-refractivity contribution < 1.29 is 4.79 Å². The molecule has 0 saturated heterocycles. The maximum atomic E-state index is 13.0. The largest absolute Gasteiger partial charge is 0.289 e. The lowest BCUT2D eigenvalue weighted by Gasteiger charge is -2.35. The quantitative estimate of drug-likeness (QED) is 0.454. The van der Waals surface area contributed by atoms with Crippen LogP contribution in [-0.4, -0.2) is 5.78 Å². The molecule has 2 bridgehead atoms. The number of hydrogen-bond donors (Lipinski definition) is 1. The van der Waals surface area contributed by atoms with Crippen molar-refractivity contribution in [2.45, 2.75) is 54.9 Å². The summed E-state index contributed by atoms with van der Waals surface area (Å²) in [5.74, 6) is 0.228. The second-order valence-corrected chi connectivity index (χ2v) is 11.0. The number of rotatable bonds is 1. The second-order valence-electron chi connectivity index (χ2n) is 10.1. The lowest BCUT2D eigenvalue weighted by atomic mass is 9.68. The van der Waals surface area contributed by atoms with Gasteiger partial charge in [0.15, 0.2) is 5.78 Å². The summed E-state index contributed by atoms with van der Waals surface area (Å²) < 4.78 is 0. The minimum absolute atomic E-state index is 0.126. The fourth-order valence-corrected chi connectivity index (χ4v) is 4.96. The van der Waals surface area contributed by atoms with E-state index < -0.39 is 0 Å². The van der Waals surface area contributed by atoms with Crippen LogP contribution in [0.15, 0.2) is 63.6 Å². The number of nitrogens with one attached hydrogen (secondary N) is 1. The Morgan fingerprint density at radius 2 is 1.68 bits per heavy atom. The maximum Gasteiger partial charge on any atom is 0.186 e. The van der Waals surface area contributed by atoms with Crippen molar-refractivity contribution in [3.63, 3.8) is 0 Å². The van der Waals surface area contributed by atoms with Crippen molar-refractivity contribution in [1.82, 2.24) is 0 Å².